The van der Waals surface area contributed by atoms with Gasteiger partial charge in [-0.25, -0.2) is 0 Å². The highest BCUT2D eigenvalue weighted by atomic mass is 16.2. The highest BCUT2D eigenvalue weighted by Gasteiger charge is 2.17. The predicted molar refractivity (Wildman–Crippen MR) is 96.6 cm³/mol. The van der Waals surface area contributed by atoms with Crippen LogP contribution in [0, 0.1) is 0 Å². The van der Waals surface area contributed by atoms with E-state index in [1.165, 1.54) is 6.92 Å². The molecule has 1 aromatic rings. The molecule has 0 saturated carbocycles. The van der Waals surface area contributed by atoms with Crippen molar-refractivity contribution in [1.29, 1.82) is 0 Å². The lowest BCUT2D eigenvalue weighted by Gasteiger charge is -2.31. The molecule has 25 heavy (non-hydrogen) atoms. The molecule has 7 nitrogen and oxygen atoms in total. The number of rotatable bonds is 7. The predicted octanol–water partition coefficient (Wildman–Crippen LogP) is 0.581. The number of carbonyl (C=O) groups excluding carboxylic acids is 3. The Bertz CT molecular complexity index is 607. The topological polar surface area (TPSA) is 81.8 Å². The number of anilines is 1. The highest BCUT2D eigenvalue weighted by Crippen LogP contribution is 2.11. The fraction of sp³-hybridized carbons (Fsp3) is 0.500. The minimum Gasteiger partial charge on any atom is -0.356 e. The molecule has 1 aliphatic rings. The van der Waals surface area contributed by atoms with Gasteiger partial charge in [0.05, 0.1) is 6.54 Å². The van der Waals surface area contributed by atoms with Crippen LogP contribution in [0.25, 0.3) is 0 Å². The highest BCUT2D eigenvalue weighted by molar-refractivity contribution is 5.98. The lowest BCUT2D eigenvalue weighted by Crippen LogP contribution is -2.46. The Morgan fingerprint density at radius 3 is 2.28 bits per heavy atom. The van der Waals surface area contributed by atoms with Gasteiger partial charge in [-0.2, -0.15) is 0 Å². The Balaban J connectivity index is 1.79. The number of hydrogen-bond acceptors (Lipinski definition) is 5. The van der Waals surface area contributed by atoms with Crippen LogP contribution in [-0.4, -0.2) is 73.7 Å². The van der Waals surface area contributed by atoms with Gasteiger partial charge in [-0.15, -0.1) is 0 Å². The summed E-state index contributed by atoms with van der Waals surface area (Å²) in [6, 6.07) is 6.94. The largest absolute Gasteiger partial charge is 0.356 e. The Hall–Kier alpha value is -2.25. The summed E-state index contributed by atoms with van der Waals surface area (Å²) in [5.74, 6) is -0.241. The number of Topliss-reactive ketones (excluding diaryl/α,β-unsaturated/α-hetero) is 1. The van der Waals surface area contributed by atoms with Crippen molar-refractivity contribution in [2.24, 2.45) is 0 Å². The summed E-state index contributed by atoms with van der Waals surface area (Å²) in [5.41, 5.74) is 1.29. The molecule has 1 aromatic carbocycles. The molecule has 1 aliphatic heterocycles. The minimum atomic E-state index is -0.176. The Morgan fingerprint density at radius 2 is 1.68 bits per heavy atom. The molecule has 2 amide bonds. The van der Waals surface area contributed by atoms with Crippen LogP contribution in [-0.2, 0) is 9.59 Å². The molecule has 0 atom stereocenters. The minimum absolute atomic E-state index is 0.0908. The first-order chi connectivity index (χ1) is 11.9. The van der Waals surface area contributed by atoms with Gasteiger partial charge in [-0.3, -0.25) is 19.3 Å². The summed E-state index contributed by atoms with van der Waals surface area (Å²) in [7, 11) is 2.09. The smallest absolute Gasteiger partial charge is 0.226 e. The number of benzene rings is 1. The second-order valence-corrected chi connectivity index (χ2v) is 6.36. The van der Waals surface area contributed by atoms with Gasteiger partial charge in [-0.1, -0.05) is 0 Å². The van der Waals surface area contributed by atoms with E-state index >= 15 is 0 Å². The van der Waals surface area contributed by atoms with E-state index in [9.17, 15) is 14.4 Å². The van der Waals surface area contributed by atoms with Crippen LogP contribution in [0.1, 0.15) is 23.7 Å². The van der Waals surface area contributed by atoms with E-state index in [4.69, 9.17) is 0 Å². The van der Waals surface area contributed by atoms with Crippen molar-refractivity contribution < 1.29 is 14.4 Å². The fourth-order valence-electron chi connectivity index (χ4n) is 2.62. The van der Waals surface area contributed by atoms with Crippen LogP contribution in [0.2, 0.25) is 0 Å². The van der Waals surface area contributed by atoms with Gasteiger partial charge in [0.15, 0.2) is 5.78 Å². The van der Waals surface area contributed by atoms with Crippen molar-refractivity contribution in [1.82, 2.24) is 15.1 Å². The normalized spacial score (nSPS) is 15.6. The van der Waals surface area contributed by atoms with Crippen LogP contribution in [0.4, 0.5) is 5.69 Å². The standard InChI is InChI=1S/C18H26N4O3/c1-14(23)19-8-7-18(25)20-16-5-3-15(4-6-16)17(24)13-22-11-9-21(2)10-12-22/h3-6H,7-13H2,1-2H3,(H,19,23)(H,20,25). The first-order valence-corrected chi connectivity index (χ1v) is 8.52. The summed E-state index contributed by atoms with van der Waals surface area (Å²) in [4.78, 5) is 39.3. The first-order valence-electron chi connectivity index (χ1n) is 8.52. The number of ketones is 1. The number of hydrogen-bond donors (Lipinski definition) is 2. The fourth-order valence-corrected chi connectivity index (χ4v) is 2.62. The van der Waals surface area contributed by atoms with Gasteiger partial charge in [0, 0.05) is 57.3 Å². The van der Waals surface area contributed by atoms with Crippen molar-refractivity contribution in [2.75, 3.05) is 51.6 Å². The third kappa shape index (κ3) is 6.64. The summed E-state index contributed by atoms with van der Waals surface area (Å²) in [6.07, 6.45) is 0.212. The van der Waals surface area contributed by atoms with Crippen LogP contribution < -0.4 is 10.6 Å². The molecule has 0 spiro atoms. The Kier molecular flexibility index (Phi) is 7.09. The average molecular weight is 346 g/mol. The van der Waals surface area contributed by atoms with E-state index in [0.717, 1.165) is 26.2 Å². The number of piperazine rings is 1. The van der Waals surface area contributed by atoms with Crippen molar-refractivity contribution in [3.8, 4) is 0 Å². The summed E-state index contributed by atoms with van der Waals surface area (Å²) >= 11 is 0. The SMILES string of the molecule is CC(=O)NCCC(=O)Nc1ccc(C(=O)CN2CCN(C)CC2)cc1. The van der Waals surface area contributed by atoms with E-state index < -0.39 is 0 Å². The molecule has 136 valence electrons. The van der Waals surface area contributed by atoms with Gasteiger partial charge in [0.25, 0.3) is 0 Å². The first kappa shape index (κ1) is 19.1. The zero-order chi connectivity index (χ0) is 18.2. The van der Waals surface area contributed by atoms with Crippen LogP contribution >= 0.6 is 0 Å². The van der Waals surface area contributed by atoms with Crippen molar-refractivity contribution >= 4 is 23.3 Å². The van der Waals surface area contributed by atoms with Gasteiger partial charge < -0.3 is 15.5 Å². The molecular formula is C18H26N4O3. The molecule has 0 unspecified atom stereocenters. The third-order valence-electron chi connectivity index (χ3n) is 4.18. The number of nitrogens with one attached hydrogen (secondary N) is 2. The zero-order valence-electron chi connectivity index (χ0n) is 14.9. The molecule has 0 aliphatic carbocycles. The number of amides is 2. The van der Waals surface area contributed by atoms with Gasteiger partial charge >= 0.3 is 0 Å². The third-order valence-corrected chi connectivity index (χ3v) is 4.18. The molecule has 2 N–H and O–H groups in total. The van der Waals surface area contributed by atoms with Crippen LogP contribution in [0.5, 0.6) is 0 Å². The average Bonchev–Trinajstić information content (AvgIpc) is 2.57. The molecular weight excluding hydrogens is 320 g/mol. The summed E-state index contributed by atoms with van der Waals surface area (Å²) in [6.45, 7) is 5.93. The van der Waals surface area contributed by atoms with Crippen molar-refractivity contribution in [2.45, 2.75) is 13.3 Å². The molecule has 1 saturated heterocycles. The molecule has 1 fully saturated rings. The van der Waals surface area contributed by atoms with Gasteiger partial charge in [0.1, 0.15) is 0 Å². The van der Waals surface area contributed by atoms with Crippen molar-refractivity contribution in [3.63, 3.8) is 0 Å². The summed E-state index contributed by atoms with van der Waals surface area (Å²) in [5, 5.41) is 5.33. The van der Waals surface area contributed by atoms with E-state index in [0.29, 0.717) is 24.3 Å². The Labute approximate surface area is 148 Å². The van der Waals surface area contributed by atoms with Gasteiger partial charge in [-0.05, 0) is 31.3 Å². The second kappa shape index (κ2) is 9.29. The molecule has 0 aromatic heterocycles. The second-order valence-electron chi connectivity index (χ2n) is 6.36. The monoisotopic (exact) mass is 346 g/mol. The van der Waals surface area contributed by atoms with Crippen LogP contribution in [0.3, 0.4) is 0 Å². The summed E-state index contributed by atoms with van der Waals surface area (Å²) < 4.78 is 0. The maximum atomic E-state index is 12.4. The molecule has 0 radical (unpaired) electrons. The number of carbonyl (C=O) groups is 3. The zero-order valence-corrected chi connectivity index (χ0v) is 14.9. The molecule has 7 heteroatoms. The molecule has 1 heterocycles. The number of likely N-dealkylation sites (N-methyl/N-ethyl adjacent to an activating group) is 1. The van der Waals surface area contributed by atoms with Gasteiger partial charge in [0.2, 0.25) is 11.8 Å². The molecule has 0 bridgehead atoms. The van der Waals surface area contributed by atoms with E-state index in [1.54, 1.807) is 24.3 Å². The van der Waals surface area contributed by atoms with E-state index in [-0.39, 0.29) is 24.0 Å². The lowest BCUT2D eigenvalue weighted by atomic mass is 10.1. The molecule has 2 rings (SSSR count). The maximum Gasteiger partial charge on any atom is 0.226 e. The Morgan fingerprint density at radius 1 is 1.04 bits per heavy atom. The quantitative estimate of drug-likeness (QED) is 0.706. The number of nitrogens with zero attached hydrogens (tertiary/aromatic N) is 2. The van der Waals surface area contributed by atoms with Crippen LogP contribution in [0.15, 0.2) is 24.3 Å². The maximum absolute atomic E-state index is 12.4. The van der Waals surface area contributed by atoms with E-state index in [1.807, 2.05) is 0 Å². The van der Waals surface area contributed by atoms with E-state index in [2.05, 4.69) is 27.5 Å². The lowest BCUT2D eigenvalue weighted by molar-refractivity contribution is -0.119. The van der Waals surface area contributed by atoms with Crippen molar-refractivity contribution in [3.05, 3.63) is 29.8 Å².